The van der Waals surface area contributed by atoms with Crippen LogP contribution in [0.15, 0.2) is 14.1 Å². The van der Waals surface area contributed by atoms with Gasteiger partial charge in [0.15, 0.2) is 0 Å². The first-order valence-corrected chi connectivity index (χ1v) is 10.4. The summed E-state index contributed by atoms with van der Waals surface area (Å²) in [5.74, 6) is 0.647. The van der Waals surface area contributed by atoms with Crippen LogP contribution in [0, 0.1) is 5.92 Å². The maximum absolute atomic E-state index is 12.2. The van der Waals surface area contributed by atoms with Gasteiger partial charge in [-0.15, -0.1) is 11.3 Å². The Hall–Kier alpha value is 0.340. The van der Waals surface area contributed by atoms with Gasteiger partial charge in [0, 0.05) is 6.54 Å². The largest absolute Gasteiger partial charge is 0.389 e. The van der Waals surface area contributed by atoms with Crippen molar-refractivity contribution in [2.45, 2.75) is 48.8 Å². The van der Waals surface area contributed by atoms with Crippen molar-refractivity contribution < 1.29 is 13.5 Å². The lowest BCUT2D eigenvalue weighted by atomic mass is 9.78. The average Bonchev–Trinajstić information content (AvgIpc) is 2.79. The first kappa shape index (κ1) is 17.7. The standard InChI is InChI=1S/C13H19BrClNO3S2/c1-2-9-3-5-13(17,6-4-9)8-16-21(18,19)11-7-10(15)12(14)20-11/h7,9,16-17H,2-6,8H2,1H3. The fourth-order valence-corrected chi connectivity index (χ4v) is 6.12. The molecule has 1 saturated carbocycles. The number of hydrogen-bond donors (Lipinski definition) is 2. The van der Waals surface area contributed by atoms with Crippen LogP contribution in [0.4, 0.5) is 0 Å². The van der Waals surface area contributed by atoms with Gasteiger partial charge >= 0.3 is 0 Å². The zero-order valence-electron chi connectivity index (χ0n) is 11.7. The number of sulfonamides is 1. The molecular formula is C13H19BrClNO3S2. The topological polar surface area (TPSA) is 66.4 Å². The van der Waals surface area contributed by atoms with Crippen molar-refractivity contribution in [2.75, 3.05) is 6.54 Å². The fourth-order valence-electron chi connectivity index (χ4n) is 2.56. The third-order valence-electron chi connectivity index (χ3n) is 4.09. The van der Waals surface area contributed by atoms with E-state index in [2.05, 4.69) is 27.6 Å². The summed E-state index contributed by atoms with van der Waals surface area (Å²) in [7, 11) is -3.62. The van der Waals surface area contributed by atoms with E-state index in [0.717, 1.165) is 30.6 Å². The van der Waals surface area contributed by atoms with Crippen molar-refractivity contribution in [3.8, 4) is 0 Å². The van der Waals surface area contributed by atoms with E-state index in [0.29, 0.717) is 27.6 Å². The van der Waals surface area contributed by atoms with Gasteiger partial charge in [-0.3, -0.25) is 0 Å². The SMILES string of the molecule is CCC1CCC(O)(CNS(=O)(=O)c2cc(Cl)c(Br)s2)CC1. The molecule has 1 aromatic rings. The van der Waals surface area contributed by atoms with Gasteiger partial charge < -0.3 is 5.11 Å². The van der Waals surface area contributed by atoms with Crippen LogP contribution in [0.2, 0.25) is 5.02 Å². The Balaban J connectivity index is 1.99. The Kier molecular flexibility index (Phi) is 5.77. The van der Waals surface area contributed by atoms with E-state index >= 15 is 0 Å². The van der Waals surface area contributed by atoms with E-state index < -0.39 is 15.6 Å². The van der Waals surface area contributed by atoms with Gasteiger partial charge in [0.2, 0.25) is 10.0 Å². The summed E-state index contributed by atoms with van der Waals surface area (Å²) in [5, 5.41) is 10.9. The van der Waals surface area contributed by atoms with Gasteiger partial charge in [-0.1, -0.05) is 24.9 Å². The first-order chi connectivity index (χ1) is 9.76. The van der Waals surface area contributed by atoms with Crippen molar-refractivity contribution >= 4 is 48.9 Å². The van der Waals surface area contributed by atoms with Crippen LogP contribution in [0.1, 0.15) is 39.0 Å². The van der Waals surface area contributed by atoms with Crippen molar-refractivity contribution in [1.82, 2.24) is 4.72 Å². The van der Waals surface area contributed by atoms with Crippen LogP contribution in [-0.2, 0) is 10.0 Å². The summed E-state index contributed by atoms with van der Waals surface area (Å²) < 4.78 is 27.7. The third-order valence-corrected chi connectivity index (χ3v) is 8.44. The van der Waals surface area contributed by atoms with E-state index in [-0.39, 0.29) is 10.8 Å². The second kappa shape index (κ2) is 6.84. The Labute approximate surface area is 143 Å². The molecule has 0 radical (unpaired) electrons. The van der Waals surface area contributed by atoms with Gasteiger partial charge in [-0.2, -0.15) is 0 Å². The Bertz CT molecular complexity index is 575. The van der Waals surface area contributed by atoms with Crippen molar-refractivity contribution in [1.29, 1.82) is 0 Å². The van der Waals surface area contributed by atoms with E-state index in [1.807, 2.05) is 0 Å². The lowest BCUT2D eigenvalue weighted by molar-refractivity contribution is -0.00441. The van der Waals surface area contributed by atoms with Crippen LogP contribution in [-0.4, -0.2) is 25.7 Å². The van der Waals surface area contributed by atoms with Crippen LogP contribution in [0.3, 0.4) is 0 Å². The summed E-state index contributed by atoms with van der Waals surface area (Å²) >= 11 is 10.1. The molecular weight excluding hydrogens is 398 g/mol. The molecule has 4 nitrogen and oxygen atoms in total. The zero-order valence-corrected chi connectivity index (χ0v) is 15.7. The Morgan fingerprint density at radius 2 is 2.14 bits per heavy atom. The highest BCUT2D eigenvalue weighted by Gasteiger charge is 2.34. The maximum Gasteiger partial charge on any atom is 0.250 e. The van der Waals surface area contributed by atoms with E-state index in [9.17, 15) is 13.5 Å². The quantitative estimate of drug-likeness (QED) is 0.767. The molecule has 1 aliphatic carbocycles. The minimum absolute atomic E-state index is 0.0545. The Morgan fingerprint density at radius 1 is 1.52 bits per heavy atom. The molecule has 1 aliphatic rings. The molecule has 0 bridgehead atoms. The molecule has 0 amide bonds. The molecule has 0 aliphatic heterocycles. The minimum atomic E-state index is -3.62. The van der Waals surface area contributed by atoms with Gasteiger partial charge in [0.1, 0.15) is 4.21 Å². The molecule has 1 fully saturated rings. The Morgan fingerprint density at radius 3 is 2.62 bits per heavy atom. The predicted octanol–water partition coefficient (Wildman–Crippen LogP) is 3.77. The molecule has 1 aromatic heterocycles. The highest BCUT2D eigenvalue weighted by molar-refractivity contribution is 9.11. The molecule has 21 heavy (non-hydrogen) atoms. The van der Waals surface area contributed by atoms with Gasteiger partial charge in [0.25, 0.3) is 0 Å². The van der Waals surface area contributed by atoms with Gasteiger partial charge in [0.05, 0.1) is 14.4 Å². The van der Waals surface area contributed by atoms with Crippen molar-refractivity contribution in [3.05, 3.63) is 14.9 Å². The lowest BCUT2D eigenvalue weighted by Crippen LogP contribution is -2.45. The molecule has 0 unspecified atom stereocenters. The molecule has 1 heterocycles. The molecule has 2 N–H and O–H groups in total. The fraction of sp³-hybridized carbons (Fsp3) is 0.692. The van der Waals surface area contributed by atoms with Crippen LogP contribution < -0.4 is 4.72 Å². The summed E-state index contributed by atoms with van der Waals surface area (Å²) in [6.07, 6.45) is 4.30. The molecule has 0 saturated heterocycles. The van der Waals surface area contributed by atoms with E-state index in [1.54, 1.807) is 0 Å². The predicted molar refractivity (Wildman–Crippen MR) is 89.4 cm³/mol. The summed E-state index contributed by atoms with van der Waals surface area (Å²) in [5.41, 5.74) is -0.934. The molecule has 0 aromatic carbocycles. The molecule has 0 spiro atoms. The second-order valence-corrected chi connectivity index (χ2v) is 10.4. The van der Waals surface area contributed by atoms with Gasteiger partial charge in [-0.05, 0) is 53.6 Å². The molecule has 2 rings (SSSR count). The molecule has 0 atom stereocenters. The molecule has 8 heteroatoms. The second-order valence-electron chi connectivity index (χ2n) is 5.59. The number of halogens is 2. The third kappa shape index (κ3) is 4.42. The number of rotatable bonds is 5. The van der Waals surface area contributed by atoms with Gasteiger partial charge in [-0.25, -0.2) is 13.1 Å². The highest BCUT2D eigenvalue weighted by atomic mass is 79.9. The smallest absolute Gasteiger partial charge is 0.250 e. The average molecular weight is 417 g/mol. The summed E-state index contributed by atoms with van der Waals surface area (Å²) in [6.45, 7) is 2.20. The van der Waals surface area contributed by atoms with Crippen LogP contribution >= 0.6 is 38.9 Å². The van der Waals surface area contributed by atoms with E-state index in [4.69, 9.17) is 11.6 Å². The van der Waals surface area contributed by atoms with Crippen molar-refractivity contribution in [3.63, 3.8) is 0 Å². The maximum atomic E-state index is 12.2. The monoisotopic (exact) mass is 415 g/mol. The van der Waals surface area contributed by atoms with Crippen LogP contribution in [0.25, 0.3) is 0 Å². The number of thiophene rings is 1. The summed E-state index contributed by atoms with van der Waals surface area (Å²) in [6, 6.07) is 1.41. The van der Waals surface area contributed by atoms with Crippen LogP contribution in [0.5, 0.6) is 0 Å². The lowest BCUT2D eigenvalue weighted by Gasteiger charge is -2.35. The number of nitrogens with one attached hydrogen (secondary N) is 1. The highest BCUT2D eigenvalue weighted by Crippen LogP contribution is 2.36. The van der Waals surface area contributed by atoms with Crippen molar-refractivity contribution in [2.24, 2.45) is 5.92 Å². The first-order valence-electron chi connectivity index (χ1n) is 6.92. The zero-order chi connectivity index (χ0) is 15.7. The molecule has 120 valence electrons. The minimum Gasteiger partial charge on any atom is -0.389 e. The summed E-state index contributed by atoms with van der Waals surface area (Å²) in [4.78, 5) is 0. The number of aliphatic hydroxyl groups is 1. The normalized spacial score (nSPS) is 27.0. The van der Waals surface area contributed by atoms with E-state index in [1.165, 1.54) is 6.07 Å². The number of hydrogen-bond acceptors (Lipinski definition) is 4.